The molecule has 1 aliphatic heterocycles. The molecule has 1 amide bonds. The number of ether oxygens (including phenoxy) is 1. The normalized spacial score (nSPS) is 13.7. The SMILES string of the molecule is Cc1n[nH]c(C(=O)Nc2ccc(N3CCOCC3)c(F)c2)c1-c1cccc(C#N)c1. The number of carbonyl (C=O) groups excluding carboxylic acids is 1. The molecule has 1 fully saturated rings. The molecule has 1 aromatic heterocycles. The highest BCUT2D eigenvalue weighted by Gasteiger charge is 2.20. The number of amides is 1. The molecule has 1 aliphatic rings. The van der Waals surface area contributed by atoms with Crippen LogP contribution in [0.4, 0.5) is 15.8 Å². The van der Waals surface area contributed by atoms with Gasteiger partial charge in [-0.1, -0.05) is 12.1 Å². The summed E-state index contributed by atoms with van der Waals surface area (Å²) in [7, 11) is 0. The van der Waals surface area contributed by atoms with Gasteiger partial charge in [0.05, 0.1) is 36.2 Å². The van der Waals surface area contributed by atoms with E-state index in [4.69, 9.17) is 10.00 Å². The summed E-state index contributed by atoms with van der Waals surface area (Å²) in [5.74, 6) is -0.844. The number of H-pyrrole nitrogens is 1. The highest BCUT2D eigenvalue weighted by Crippen LogP contribution is 2.28. The predicted octanol–water partition coefficient (Wildman–Crippen LogP) is 3.48. The van der Waals surface area contributed by atoms with Crippen LogP contribution in [-0.4, -0.2) is 42.4 Å². The number of rotatable bonds is 4. The van der Waals surface area contributed by atoms with Gasteiger partial charge in [-0.05, 0) is 42.8 Å². The standard InChI is InChI=1S/C22H20FN5O2/c1-14-20(16-4-2-3-15(11-16)13-24)21(27-26-14)22(29)25-17-5-6-19(18(23)12-17)28-7-9-30-10-8-28/h2-6,11-12H,7-10H2,1H3,(H,25,29)(H,26,27). The van der Waals surface area contributed by atoms with Crippen LogP contribution in [0, 0.1) is 24.1 Å². The van der Waals surface area contributed by atoms with Gasteiger partial charge in [0.15, 0.2) is 0 Å². The monoisotopic (exact) mass is 405 g/mol. The second kappa shape index (κ2) is 8.35. The van der Waals surface area contributed by atoms with E-state index >= 15 is 0 Å². The molecule has 0 radical (unpaired) electrons. The number of anilines is 2. The molecule has 0 unspecified atom stereocenters. The van der Waals surface area contributed by atoms with Crippen LogP contribution in [-0.2, 0) is 4.74 Å². The summed E-state index contributed by atoms with van der Waals surface area (Å²) in [6.07, 6.45) is 0. The fourth-order valence-corrected chi connectivity index (χ4v) is 3.53. The third-order valence-corrected chi connectivity index (χ3v) is 5.01. The van der Waals surface area contributed by atoms with Crippen LogP contribution < -0.4 is 10.2 Å². The van der Waals surface area contributed by atoms with E-state index in [2.05, 4.69) is 21.6 Å². The molecule has 0 aliphatic carbocycles. The van der Waals surface area contributed by atoms with E-state index < -0.39 is 11.7 Å². The number of halogens is 1. The summed E-state index contributed by atoms with van der Waals surface area (Å²) in [6, 6.07) is 13.7. The quantitative estimate of drug-likeness (QED) is 0.693. The van der Waals surface area contributed by atoms with Crippen molar-refractivity contribution >= 4 is 17.3 Å². The van der Waals surface area contributed by atoms with Crippen molar-refractivity contribution < 1.29 is 13.9 Å². The van der Waals surface area contributed by atoms with E-state index in [1.807, 2.05) is 11.0 Å². The Morgan fingerprint density at radius 1 is 1.27 bits per heavy atom. The molecule has 30 heavy (non-hydrogen) atoms. The number of carbonyl (C=O) groups is 1. The lowest BCUT2D eigenvalue weighted by molar-refractivity contribution is 0.102. The summed E-state index contributed by atoms with van der Waals surface area (Å²) in [5, 5.41) is 18.8. The van der Waals surface area contributed by atoms with E-state index in [0.29, 0.717) is 60.1 Å². The molecule has 2 heterocycles. The van der Waals surface area contributed by atoms with Gasteiger partial charge in [0.25, 0.3) is 5.91 Å². The van der Waals surface area contributed by atoms with Crippen molar-refractivity contribution in [2.75, 3.05) is 36.5 Å². The zero-order valence-electron chi connectivity index (χ0n) is 16.4. The van der Waals surface area contributed by atoms with Gasteiger partial charge in [-0.3, -0.25) is 9.89 Å². The Kier molecular flexibility index (Phi) is 5.46. The maximum atomic E-state index is 14.6. The zero-order chi connectivity index (χ0) is 21.1. The molecule has 2 N–H and O–H groups in total. The molecule has 0 saturated carbocycles. The third-order valence-electron chi connectivity index (χ3n) is 5.01. The van der Waals surface area contributed by atoms with Gasteiger partial charge in [0.1, 0.15) is 11.5 Å². The number of nitrogens with one attached hydrogen (secondary N) is 2. The molecular formula is C22H20FN5O2. The molecule has 2 aromatic carbocycles. The molecular weight excluding hydrogens is 385 g/mol. The fraction of sp³-hybridized carbons (Fsp3) is 0.227. The van der Waals surface area contributed by atoms with Crippen LogP contribution in [0.25, 0.3) is 11.1 Å². The predicted molar refractivity (Wildman–Crippen MR) is 111 cm³/mol. The first-order valence-corrected chi connectivity index (χ1v) is 9.56. The van der Waals surface area contributed by atoms with E-state index in [9.17, 15) is 9.18 Å². The van der Waals surface area contributed by atoms with Gasteiger partial charge in [-0.25, -0.2) is 4.39 Å². The van der Waals surface area contributed by atoms with Crippen molar-refractivity contribution in [2.24, 2.45) is 0 Å². The van der Waals surface area contributed by atoms with E-state index in [-0.39, 0.29) is 5.69 Å². The van der Waals surface area contributed by atoms with Crippen LogP contribution in [0.15, 0.2) is 42.5 Å². The highest BCUT2D eigenvalue weighted by atomic mass is 19.1. The lowest BCUT2D eigenvalue weighted by Crippen LogP contribution is -2.36. The number of nitriles is 1. The Morgan fingerprint density at radius 2 is 2.07 bits per heavy atom. The largest absolute Gasteiger partial charge is 0.378 e. The number of morpholine rings is 1. The zero-order valence-corrected chi connectivity index (χ0v) is 16.4. The first-order chi connectivity index (χ1) is 14.6. The fourth-order valence-electron chi connectivity index (χ4n) is 3.53. The second-order valence-electron chi connectivity index (χ2n) is 6.97. The van der Waals surface area contributed by atoms with E-state index in [0.717, 1.165) is 0 Å². The Labute approximate surface area is 173 Å². The van der Waals surface area contributed by atoms with Gasteiger partial charge in [0.2, 0.25) is 0 Å². The summed E-state index contributed by atoms with van der Waals surface area (Å²) in [6.45, 7) is 4.15. The molecule has 0 bridgehead atoms. The number of benzene rings is 2. The Balaban J connectivity index is 1.58. The van der Waals surface area contributed by atoms with Crippen molar-refractivity contribution in [1.82, 2.24) is 10.2 Å². The number of nitrogens with zero attached hydrogens (tertiary/aromatic N) is 3. The Hall–Kier alpha value is -3.70. The second-order valence-corrected chi connectivity index (χ2v) is 6.97. The summed E-state index contributed by atoms with van der Waals surface area (Å²) < 4.78 is 19.9. The van der Waals surface area contributed by atoms with Crippen LogP contribution >= 0.6 is 0 Å². The smallest absolute Gasteiger partial charge is 0.274 e. The average Bonchev–Trinajstić information content (AvgIpc) is 3.16. The van der Waals surface area contributed by atoms with Gasteiger partial charge in [-0.2, -0.15) is 10.4 Å². The van der Waals surface area contributed by atoms with Crippen molar-refractivity contribution in [1.29, 1.82) is 5.26 Å². The van der Waals surface area contributed by atoms with Gasteiger partial charge >= 0.3 is 0 Å². The van der Waals surface area contributed by atoms with E-state index in [1.54, 1.807) is 37.3 Å². The molecule has 7 nitrogen and oxygen atoms in total. The molecule has 0 atom stereocenters. The molecule has 3 aromatic rings. The maximum absolute atomic E-state index is 14.6. The third kappa shape index (κ3) is 3.88. The lowest BCUT2D eigenvalue weighted by Gasteiger charge is -2.29. The minimum absolute atomic E-state index is 0.250. The molecule has 0 spiro atoms. The maximum Gasteiger partial charge on any atom is 0.274 e. The molecule has 4 rings (SSSR count). The van der Waals surface area contributed by atoms with Gasteiger partial charge in [-0.15, -0.1) is 0 Å². The lowest BCUT2D eigenvalue weighted by atomic mass is 10.0. The highest BCUT2D eigenvalue weighted by molar-refractivity contribution is 6.07. The van der Waals surface area contributed by atoms with Crippen LogP contribution in [0.3, 0.4) is 0 Å². The number of aromatic nitrogens is 2. The van der Waals surface area contributed by atoms with Crippen LogP contribution in [0.5, 0.6) is 0 Å². The number of hydrogen-bond acceptors (Lipinski definition) is 5. The minimum Gasteiger partial charge on any atom is -0.378 e. The van der Waals surface area contributed by atoms with Crippen molar-refractivity contribution in [3.05, 3.63) is 65.2 Å². The number of aromatic amines is 1. The Morgan fingerprint density at radius 3 is 2.80 bits per heavy atom. The Bertz CT molecular complexity index is 1130. The van der Waals surface area contributed by atoms with E-state index in [1.165, 1.54) is 6.07 Å². The van der Waals surface area contributed by atoms with Crippen molar-refractivity contribution in [3.63, 3.8) is 0 Å². The first-order valence-electron chi connectivity index (χ1n) is 9.56. The van der Waals surface area contributed by atoms with Gasteiger partial charge < -0.3 is 15.0 Å². The molecule has 1 saturated heterocycles. The average molecular weight is 405 g/mol. The van der Waals surface area contributed by atoms with Crippen LogP contribution in [0.1, 0.15) is 21.7 Å². The number of hydrogen-bond donors (Lipinski definition) is 2. The summed E-state index contributed by atoms with van der Waals surface area (Å²) in [4.78, 5) is 14.8. The molecule has 152 valence electrons. The number of aryl methyl sites for hydroxylation is 1. The van der Waals surface area contributed by atoms with Crippen molar-refractivity contribution in [3.8, 4) is 17.2 Å². The van der Waals surface area contributed by atoms with Crippen LogP contribution in [0.2, 0.25) is 0 Å². The van der Waals surface area contributed by atoms with Crippen molar-refractivity contribution in [2.45, 2.75) is 6.92 Å². The summed E-state index contributed by atoms with van der Waals surface area (Å²) in [5.41, 5.74) is 3.51. The molecule has 8 heteroatoms. The first kappa shape index (κ1) is 19.6. The summed E-state index contributed by atoms with van der Waals surface area (Å²) >= 11 is 0. The minimum atomic E-state index is -0.438. The van der Waals surface area contributed by atoms with Gasteiger partial charge in [0, 0.05) is 24.3 Å². The topological polar surface area (TPSA) is 94.0 Å².